The maximum absolute atomic E-state index is 11.5. The highest BCUT2D eigenvalue weighted by Crippen LogP contribution is 2.17. The van der Waals surface area contributed by atoms with Crippen LogP contribution in [0.4, 0.5) is 4.79 Å². The quantitative estimate of drug-likeness (QED) is 0.737. The summed E-state index contributed by atoms with van der Waals surface area (Å²) in [7, 11) is 0. The Morgan fingerprint density at radius 3 is 2.73 bits per heavy atom. The number of nitrogens with one attached hydrogen (secondary N) is 2. The Bertz CT molecular complexity index is 223. The fraction of sp³-hybridized carbons (Fsp3) is 0.909. The molecule has 0 aliphatic carbocycles. The minimum absolute atomic E-state index is 0.0739. The largest absolute Gasteiger partial charge is 0.444 e. The monoisotopic (exact) mass is 214 g/mol. The molecular formula is C11H22N2O2. The van der Waals surface area contributed by atoms with Gasteiger partial charge in [-0.3, -0.25) is 5.32 Å². The third-order valence-electron chi connectivity index (χ3n) is 2.55. The minimum Gasteiger partial charge on any atom is -0.444 e. The average molecular weight is 214 g/mol. The zero-order valence-corrected chi connectivity index (χ0v) is 10.1. The Morgan fingerprint density at radius 1 is 1.53 bits per heavy atom. The van der Waals surface area contributed by atoms with Crippen LogP contribution in [0.1, 0.15) is 40.5 Å². The predicted molar refractivity (Wildman–Crippen MR) is 59.6 cm³/mol. The van der Waals surface area contributed by atoms with Crippen molar-refractivity contribution in [1.29, 1.82) is 0 Å². The van der Waals surface area contributed by atoms with E-state index >= 15 is 0 Å². The maximum Gasteiger partial charge on any atom is 0.408 e. The molecule has 1 aliphatic rings. The van der Waals surface area contributed by atoms with Crippen molar-refractivity contribution in [2.45, 2.75) is 52.3 Å². The molecule has 0 spiro atoms. The molecule has 1 saturated heterocycles. The second-order valence-electron chi connectivity index (χ2n) is 5.04. The fourth-order valence-corrected chi connectivity index (χ4v) is 1.80. The molecule has 88 valence electrons. The number of amides is 1. The normalized spacial score (nSPS) is 26.4. The molecule has 0 aromatic carbocycles. The number of alkyl carbamates (subject to hydrolysis) is 1. The lowest BCUT2D eigenvalue weighted by Gasteiger charge is -2.24. The summed E-state index contributed by atoms with van der Waals surface area (Å²) in [6, 6.07) is 0. The Kier molecular flexibility index (Phi) is 3.97. The van der Waals surface area contributed by atoms with E-state index in [9.17, 15) is 4.79 Å². The number of ether oxygens (including phenoxy) is 1. The zero-order chi connectivity index (χ0) is 11.5. The van der Waals surface area contributed by atoms with Gasteiger partial charge in [0.15, 0.2) is 0 Å². The van der Waals surface area contributed by atoms with Crippen LogP contribution in [0.2, 0.25) is 0 Å². The molecule has 15 heavy (non-hydrogen) atoms. The van der Waals surface area contributed by atoms with Crippen molar-refractivity contribution in [2.75, 3.05) is 6.54 Å². The molecule has 0 radical (unpaired) electrons. The number of rotatable bonds is 2. The van der Waals surface area contributed by atoms with Crippen LogP contribution in [0.5, 0.6) is 0 Å². The topological polar surface area (TPSA) is 50.4 Å². The van der Waals surface area contributed by atoms with E-state index in [4.69, 9.17) is 4.74 Å². The predicted octanol–water partition coefficient (Wildman–Crippen LogP) is 1.86. The van der Waals surface area contributed by atoms with E-state index in [-0.39, 0.29) is 12.3 Å². The van der Waals surface area contributed by atoms with E-state index < -0.39 is 5.60 Å². The Balaban J connectivity index is 2.37. The van der Waals surface area contributed by atoms with Gasteiger partial charge in [-0.1, -0.05) is 13.3 Å². The van der Waals surface area contributed by atoms with Crippen molar-refractivity contribution in [3.8, 4) is 0 Å². The Hall–Kier alpha value is -0.770. The number of carbonyl (C=O) groups excluding carboxylic acids is 1. The summed E-state index contributed by atoms with van der Waals surface area (Å²) >= 11 is 0. The van der Waals surface area contributed by atoms with Gasteiger partial charge in [0.2, 0.25) is 0 Å². The summed E-state index contributed by atoms with van der Waals surface area (Å²) < 4.78 is 5.20. The second kappa shape index (κ2) is 4.84. The third-order valence-corrected chi connectivity index (χ3v) is 2.55. The first-order chi connectivity index (χ1) is 6.92. The molecule has 1 amide bonds. The van der Waals surface area contributed by atoms with Crippen molar-refractivity contribution >= 4 is 6.09 Å². The van der Waals surface area contributed by atoms with Crippen LogP contribution in [0, 0.1) is 5.92 Å². The van der Waals surface area contributed by atoms with Crippen molar-refractivity contribution in [3.63, 3.8) is 0 Å². The molecule has 0 aromatic heterocycles. The van der Waals surface area contributed by atoms with Crippen LogP contribution in [0.25, 0.3) is 0 Å². The average Bonchev–Trinajstić information content (AvgIpc) is 2.48. The van der Waals surface area contributed by atoms with Crippen molar-refractivity contribution in [2.24, 2.45) is 5.92 Å². The van der Waals surface area contributed by atoms with Gasteiger partial charge in [0, 0.05) is 0 Å². The number of hydrogen-bond acceptors (Lipinski definition) is 3. The van der Waals surface area contributed by atoms with Gasteiger partial charge in [-0.25, -0.2) is 4.79 Å². The lowest BCUT2D eigenvalue weighted by atomic mass is 10.0. The first-order valence-electron chi connectivity index (χ1n) is 5.65. The standard InChI is InChI=1S/C11H22N2O2/c1-5-8-6-7-12-9(8)13-10(14)15-11(2,3)4/h8-9,12H,5-7H2,1-4H3,(H,13,14)/t8-,9-/m1/s1. The molecule has 2 N–H and O–H groups in total. The van der Waals surface area contributed by atoms with Gasteiger partial charge < -0.3 is 10.1 Å². The summed E-state index contributed by atoms with van der Waals surface area (Å²) in [4.78, 5) is 11.5. The van der Waals surface area contributed by atoms with Crippen molar-refractivity contribution in [3.05, 3.63) is 0 Å². The molecule has 1 aliphatic heterocycles. The first kappa shape index (κ1) is 12.3. The Labute approximate surface area is 91.8 Å². The van der Waals surface area contributed by atoms with Crippen molar-refractivity contribution in [1.82, 2.24) is 10.6 Å². The summed E-state index contributed by atoms with van der Waals surface area (Å²) in [6.45, 7) is 8.71. The fourth-order valence-electron chi connectivity index (χ4n) is 1.80. The minimum atomic E-state index is -0.426. The highest BCUT2D eigenvalue weighted by atomic mass is 16.6. The van der Waals surface area contributed by atoms with Gasteiger partial charge in [-0.15, -0.1) is 0 Å². The van der Waals surface area contributed by atoms with Crippen LogP contribution < -0.4 is 10.6 Å². The smallest absolute Gasteiger partial charge is 0.408 e. The van der Waals surface area contributed by atoms with Gasteiger partial charge in [0.05, 0.1) is 6.17 Å². The maximum atomic E-state index is 11.5. The zero-order valence-electron chi connectivity index (χ0n) is 10.1. The van der Waals surface area contributed by atoms with Gasteiger partial charge in [0.25, 0.3) is 0 Å². The van der Waals surface area contributed by atoms with E-state index in [1.807, 2.05) is 20.8 Å². The van der Waals surface area contributed by atoms with Gasteiger partial charge in [-0.05, 0) is 39.7 Å². The third kappa shape index (κ3) is 4.08. The van der Waals surface area contributed by atoms with E-state index in [0.29, 0.717) is 5.92 Å². The van der Waals surface area contributed by atoms with E-state index in [2.05, 4.69) is 17.6 Å². The second-order valence-corrected chi connectivity index (χ2v) is 5.04. The van der Waals surface area contributed by atoms with Crippen LogP contribution in [0.15, 0.2) is 0 Å². The summed E-state index contributed by atoms with van der Waals surface area (Å²) in [5.41, 5.74) is -0.426. The van der Waals surface area contributed by atoms with Crippen molar-refractivity contribution < 1.29 is 9.53 Å². The lowest BCUT2D eigenvalue weighted by molar-refractivity contribution is 0.0485. The van der Waals surface area contributed by atoms with E-state index in [0.717, 1.165) is 19.4 Å². The van der Waals surface area contributed by atoms with Crippen LogP contribution in [-0.4, -0.2) is 24.4 Å². The number of hydrogen-bond donors (Lipinski definition) is 2. The molecule has 0 aromatic rings. The molecule has 2 atom stereocenters. The van der Waals surface area contributed by atoms with Crippen LogP contribution >= 0.6 is 0 Å². The molecule has 0 saturated carbocycles. The molecule has 1 rings (SSSR count). The van der Waals surface area contributed by atoms with Gasteiger partial charge in [-0.2, -0.15) is 0 Å². The van der Waals surface area contributed by atoms with E-state index in [1.165, 1.54) is 0 Å². The van der Waals surface area contributed by atoms with Gasteiger partial charge in [0.1, 0.15) is 5.60 Å². The van der Waals surface area contributed by atoms with Gasteiger partial charge >= 0.3 is 6.09 Å². The molecule has 0 unspecified atom stereocenters. The number of carbonyl (C=O) groups is 1. The molecule has 4 nitrogen and oxygen atoms in total. The molecule has 1 heterocycles. The van der Waals surface area contributed by atoms with Crippen LogP contribution in [0.3, 0.4) is 0 Å². The summed E-state index contributed by atoms with van der Waals surface area (Å²) in [5, 5.41) is 6.13. The van der Waals surface area contributed by atoms with E-state index in [1.54, 1.807) is 0 Å². The highest BCUT2D eigenvalue weighted by Gasteiger charge is 2.28. The molecule has 4 heteroatoms. The molecular weight excluding hydrogens is 192 g/mol. The molecule has 0 bridgehead atoms. The summed E-state index contributed by atoms with van der Waals surface area (Å²) in [6.07, 6.45) is 1.94. The Morgan fingerprint density at radius 2 is 2.20 bits per heavy atom. The first-order valence-corrected chi connectivity index (χ1v) is 5.65. The van der Waals surface area contributed by atoms with Crippen LogP contribution in [-0.2, 0) is 4.74 Å². The molecule has 1 fully saturated rings. The lowest BCUT2D eigenvalue weighted by Crippen LogP contribution is -2.46. The summed E-state index contributed by atoms with van der Waals surface area (Å²) in [5.74, 6) is 0.525. The highest BCUT2D eigenvalue weighted by molar-refractivity contribution is 5.68. The SMILES string of the molecule is CC[C@@H]1CCN[C@@H]1NC(=O)OC(C)(C)C.